The van der Waals surface area contributed by atoms with Crippen molar-refractivity contribution in [1.29, 1.82) is 0 Å². The molecule has 1 aromatic carbocycles. The molecule has 0 unspecified atom stereocenters. The van der Waals surface area contributed by atoms with Gasteiger partial charge in [0.25, 0.3) is 5.91 Å². The van der Waals surface area contributed by atoms with Crippen LogP contribution in [0.5, 0.6) is 0 Å². The quantitative estimate of drug-likeness (QED) is 0.567. The zero-order chi connectivity index (χ0) is 19.6. The SMILES string of the molecule is CCCCNC(=O)COC(=O)C1CCN(C(=O)Nc2cccc(C)c2)CC1. The van der Waals surface area contributed by atoms with Gasteiger partial charge in [0.1, 0.15) is 0 Å². The van der Waals surface area contributed by atoms with Gasteiger partial charge in [0, 0.05) is 25.3 Å². The number of anilines is 1. The second-order valence-corrected chi connectivity index (χ2v) is 6.87. The van der Waals surface area contributed by atoms with Crippen LogP contribution in [-0.2, 0) is 14.3 Å². The highest BCUT2D eigenvalue weighted by molar-refractivity contribution is 5.89. The van der Waals surface area contributed by atoms with Crippen LogP contribution in [0.4, 0.5) is 10.5 Å². The van der Waals surface area contributed by atoms with Crippen molar-refractivity contribution in [3.05, 3.63) is 29.8 Å². The number of piperidine rings is 1. The summed E-state index contributed by atoms with van der Waals surface area (Å²) < 4.78 is 5.11. The number of ether oxygens (including phenoxy) is 1. The first-order valence-electron chi connectivity index (χ1n) is 9.55. The molecule has 2 N–H and O–H groups in total. The van der Waals surface area contributed by atoms with Crippen LogP contribution in [0.1, 0.15) is 38.2 Å². The van der Waals surface area contributed by atoms with Crippen molar-refractivity contribution >= 4 is 23.6 Å². The van der Waals surface area contributed by atoms with Crippen LogP contribution in [0.25, 0.3) is 0 Å². The number of esters is 1. The van der Waals surface area contributed by atoms with E-state index in [1.807, 2.05) is 38.1 Å². The van der Waals surface area contributed by atoms with E-state index in [0.29, 0.717) is 32.5 Å². The highest BCUT2D eigenvalue weighted by atomic mass is 16.5. The number of carbonyl (C=O) groups excluding carboxylic acids is 3. The van der Waals surface area contributed by atoms with Gasteiger partial charge in [-0.25, -0.2) is 4.79 Å². The van der Waals surface area contributed by atoms with Crippen molar-refractivity contribution < 1.29 is 19.1 Å². The summed E-state index contributed by atoms with van der Waals surface area (Å²) in [6, 6.07) is 7.46. The number of amides is 3. The molecule has 3 amide bonds. The third-order valence-corrected chi connectivity index (χ3v) is 4.58. The molecule has 0 bridgehead atoms. The summed E-state index contributed by atoms with van der Waals surface area (Å²) in [7, 11) is 0. The molecule has 7 heteroatoms. The van der Waals surface area contributed by atoms with Crippen LogP contribution in [0, 0.1) is 12.8 Å². The Hall–Kier alpha value is -2.57. The van der Waals surface area contributed by atoms with E-state index in [1.54, 1.807) is 4.90 Å². The molecule has 1 heterocycles. The van der Waals surface area contributed by atoms with E-state index in [2.05, 4.69) is 10.6 Å². The minimum Gasteiger partial charge on any atom is -0.455 e. The van der Waals surface area contributed by atoms with Gasteiger partial charge in [-0.15, -0.1) is 0 Å². The number of rotatable bonds is 7. The van der Waals surface area contributed by atoms with Crippen molar-refractivity contribution in [2.45, 2.75) is 39.5 Å². The fraction of sp³-hybridized carbons (Fsp3) is 0.550. The molecule has 2 rings (SSSR count). The van der Waals surface area contributed by atoms with E-state index in [9.17, 15) is 14.4 Å². The van der Waals surface area contributed by atoms with Crippen LogP contribution in [0.15, 0.2) is 24.3 Å². The molecule has 0 spiro atoms. The molecular weight excluding hydrogens is 346 g/mol. The monoisotopic (exact) mass is 375 g/mol. The normalized spacial score (nSPS) is 14.5. The van der Waals surface area contributed by atoms with E-state index in [-0.39, 0.29) is 30.4 Å². The number of nitrogens with one attached hydrogen (secondary N) is 2. The van der Waals surface area contributed by atoms with E-state index >= 15 is 0 Å². The fourth-order valence-corrected chi connectivity index (χ4v) is 2.95. The summed E-state index contributed by atoms with van der Waals surface area (Å²) in [5.41, 5.74) is 1.84. The Morgan fingerprint density at radius 1 is 1.22 bits per heavy atom. The van der Waals surface area contributed by atoms with Crippen LogP contribution in [-0.4, -0.2) is 49.0 Å². The van der Waals surface area contributed by atoms with Crippen molar-refractivity contribution in [2.75, 3.05) is 31.6 Å². The van der Waals surface area contributed by atoms with Gasteiger partial charge >= 0.3 is 12.0 Å². The van der Waals surface area contributed by atoms with Gasteiger partial charge in [0.05, 0.1) is 5.92 Å². The highest BCUT2D eigenvalue weighted by Gasteiger charge is 2.28. The number of nitrogens with zero attached hydrogens (tertiary/aromatic N) is 1. The van der Waals surface area contributed by atoms with Gasteiger partial charge in [-0.3, -0.25) is 9.59 Å². The van der Waals surface area contributed by atoms with Crippen molar-refractivity contribution in [3.8, 4) is 0 Å². The second kappa shape index (κ2) is 10.5. The maximum absolute atomic E-state index is 12.3. The van der Waals surface area contributed by atoms with Gasteiger partial charge in [-0.1, -0.05) is 25.5 Å². The second-order valence-electron chi connectivity index (χ2n) is 6.87. The molecule has 0 aliphatic carbocycles. The lowest BCUT2D eigenvalue weighted by Gasteiger charge is -2.30. The van der Waals surface area contributed by atoms with Crippen LogP contribution < -0.4 is 10.6 Å². The van der Waals surface area contributed by atoms with Gasteiger partial charge in [-0.05, 0) is 43.9 Å². The maximum Gasteiger partial charge on any atom is 0.321 e. The number of hydrogen-bond acceptors (Lipinski definition) is 4. The average molecular weight is 375 g/mol. The van der Waals surface area contributed by atoms with E-state index in [1.165, 1.54) is 0 Å². The van der Waals surface area contributed by atoms with Crippen LogP contribution in [0.3, 0.4) is 0 Å². The molecule has 1 aliphatic heterocycles. The van der Waals surface area contributed by atoms with Crippen molar-refractivity contribution in [3.63, 3.8) is 0 Å². The van der Waals surface area contributed by atoms with Gasteiger partial charge in [0.15, 0.2) is 6.61 Å². The topological polar surface area (TPSA) is 87.7 Å². The lowest BCUT2D eigenvalue weighted by atomic mass is 9.97. The molecule has 1 aromatic rings. The third kappa shape index (κ3) is 6.92. The van der Waals surface area contributed by atoms with E-state index < -0.39 is 0 Å². The Kier molecular flexibility index (Phi) is 8.10. The molecule has 7 nitrogen and oxygen atoms in total. The lowest BCUT2D eigenvalue weighted by molar-refractivity contribution is -0.153. The largest absolute Gasteiger partial charge is 0.455 e. The number of likely N-dealkylation sites (tertiary alicyclic amines) is 1. The molecule has 0 saturated carbocycles. The smallest absolute Gasteiger partial charge is 0.321 e. The Labute approximate surface area is 160 Å². The molecular formula is C20H29N3O4. The van der Waals surface area contributed by atoms with Crippen LogP contribution in [0.2, 0.25) is 0 Å². The summed E-state index contributed by atoms with van der Waals surface area (Å²) in [5.74, 6) is -0.900. The minimum absolute atomic E-state index is 0.164. The Morgan fingerprint density at radius 2 is 1.96 bits per heavy atom. The number of aryl methyl sites for hydroxylation is 1. The minimum atomic E-state index is -0.362. The molecule has 148 valence electrons. The summed E-state index contributed by atoms with van der Waals surface area (Å²) >= 11 is 0. The maximum atomic E-state index is 12.3. The number of benzene rings is 1. The van der Waals surface area contributed by atoms with Crippen LogP contribution >= 0.6 is 0 Å². The lowest BCUT2D eigenvalue weighted by Crippen LogP contribution is -2.43. The molecule has 0 radical (unpaired) electrons. The molecule has 1 fully saturated rings. The average Bonchev–Trinajstić information content (AvgIpc) is 2.66. The van der Waals surface area contributed by atoms with E-state index in [4.69, 9.17) is 4.74 Å². The zero-order valence-corrected chi connectivity index (χ0v) is 16.1. The first kappa shape index (κ1) is 20.7. The van der Waals surface area contributed by atoms with Crippen molar-refractivity contribution in [2.24, 2.45) is 5.92 Å². The van der Waals surface area contributed by atoms with Gasteiger partial charge < -0.3 is 20.3 Å². The van der Waals surface area contributed by atoms with Crippen molar-refractivity contribution in [1.82, 2.24) is 10.2 Å². The molecule has 0 aromatic heterocycles. The molecule has 1 aliphatic rings. The highest BCUT2D eigenvalue weighted by Crippen LogP contribution is 2.20. The Morgan fingerprint density at radius 3 is 2.63 bits per heavy atom. The summed E-state index contributed by atoms with van der Waals surface area (Å²) in [6.45, 7) is 5.34. The predicted molar refractivity (Wildman–Crippen MR) is 103 cm³/mol. The first-order valence-corrected chi connectivity index (χ1v) is 9.55. The summed E-state index contributed by atoms with van der Waals surface area (Å²) in [5, 5.41) is 5.59. The molecule has 0 atom stereocenters. The van der Waals surface area contributed by atoms with E-state index in [0.717, 1.165) is 24.1 Å². The Balaban J connectivity index is 1.70. The standard InChI is InChI=1S/C20H29N3O4/c1-3-4-10-21-18(24)14-27-19(25)16-8-11-23(12-9-16)20(26)22-17-7-5-6-15(2)13-17/h5-7,13,16H,3-4,8-12,14H2,1-2H3,(H,21,24)(H,22,26). The summed E-state index contributed by atoms with van der Waals surface area (Å²) in [4.78, 5) is 37.7. The number of carbonyl (C=O) groups is 3. The Bertz CT molecular complexity index is 654. The fourth-order valence-electron chi connectivity index (χ4n) is 2.95. The first-order chi connectivity index (χ1) is 13.0. The molecule has 1 saturated heterocycles. The number of unbranched alkanes of at least 4 members (excludes halogenated alkanes) is 1. The zero-order valence-electron chi connectivity index (χ0n) is 16.1. The third-order valence-electron chi connectivity index (χ3n) is 4.58. The van der Waals surface area contributed by atoms with Gasteiger partial charge in [-0.2, -0.15) is 0 Å². The summed E-state index contributed by atoms with van der Waals surface area (Å²) in [6.07, 6.45) is 2.98. The van der Waals surface area contributed by atoms with Gasteiger partial charge in [0.2, 0.25) is 0 Å². The number of urea groups is 1. The predicted octanol–water partition coefficient (Wildman–Crippen LogP) is 2.70. The molecule has 27 heavy (non-hydrogen) atoms. The number of hydrogen-bond donors (Lipinski definition) is 2.